The predicted molar refractivity (Wildman–Crippen MR) is 298 cm³/mol. The van der Waals surface area contributed by atoms with Gasteiger partial charge in [-0.05, 0) is 38.5 Å². The van der Waals surface area contributed by atoms with Crippen LogP contribution in [0.4, 0.5) is 0 Å². The summed E-state index contributed by atoms with van der Waals surface area (Å²) < 4.78 is 33.0. The van der Waals surface area contributed by atoms with Crippen LogP contribution in [0.5, 0.6) is 0 Å². The summed E-state index contributed by atoms with van der Waals surface area (Å²) in [7, 11) is -4.38. The Balaban J connectivity index is 3.79. The third-order valence-electron chi connectivity index (χ3n) is 13.9. The summed E-state index contributed by atoms with van der Waals surface area (Å²) in [6.07, 6.45) is 65.9. The minimum absolute atomic E-state index is 0.0553. The first-order valence-corrected chi connectivity index (χ1v) is 32.2. The van der Waals surface area contributed by atoms with E-state index >= 15 is 0 Å². The van der Waals surface area contributed by atoms with Crippen LogP contribution in [0.15, 0.2) is 12.2 Å². The molecule has 0 aromatic heterocycles. The summed E-state index contributed by atoms with van der Waals surface area (Å²) in [6, 6.07) is 0. The standard InChI is InChI=1S/C60H118NO8P/c1-3-5-7-9-11-13-15-17-19-21-22-23-24-25-26-27-28-29-30-31-32-33-34-35-36-37-39-40-42-44-46-48-50-52-59(62)66-56-58(57-68-70(64,65)67-55-54-61)69-60(63)53-51-49-47-45-43-41-38-20-18-16-14-12-10-8-6-4-2/h20,38,58H,3-19,21-37,39-57,61H2,1-2H3,(H,64,65)/b38-20-. The number of carbonyl (C=O) groups is 2. The molecule has 416 valence electrons. The van der Waals surface area contributed by atoms with Crippen LogP contribution < -0.4 is 5.73 Å². The summed E-state index contributed by atoms with van der Waals surface area (Å²) in [6.45, 7) is 3.79. The van der Waals surface area contributed by atoms with Crippen molar-refractivity contribution >= 4 is 19.8 Å². The van der Waals surface area contributed by atoms with Crippen LogP contribution in [-0.2, 0) is 32.7 Å². The molecule has 0 rings (SSSR count). The Labute approximate surface area is 434 Å². The Morgan fingerprint density at radius 2 is 0.700 bits per heavy atom. The molecule has 0 aromatic rings. The Morgan fingerprint density at radius 1 is 0.414 bits per heavy atom. The lowest BCUT2D eigenvalue weighted by Gasteiger charge is -2.19. The van der Waals surface area contributed by atoms with Crippen LogP contribution in [0.25, 0.3) is 0 Å². The first-order valence-electron chi connectivity index (χ1n) is 30.7. The van der Waals surface area contributed by atoms with Crippen molar-refractivity contribution in [1.29, 1.82) is 0 Å². The van der Waals surface area contributed by atoms with E-state index in [9.17, 15) is 19.0 Å². The molecule has 70 heavy (non-hydrogen) atoms. The quantitative estimate of drug-likeness (QED) is 0.0264. The monoisotopic (exact) mass is 1010 g/mol. The summed E-state index contributed by atoms with van der Waals surface area (Å²) in [4.78, 5) is 35.1. The maximum atomic E-state index is 12.7. The number of carbonyl (C=O) groups excluding carboxylic acids is 2. The van der Waals surface area contributed by atoms with E-state index in [4.69, 9.17) is 24.3 Å². The lowest BCUT2D eigenvalue weighted by atomic mass is 10.0. The number of phosphoric ester groups is 1. The molecule has 0 aliphatic rings. The van der Waals surface area contributed by atoms with Crippen molar-refractivity contribution in [2.45, 2.75) is 335 Å². The van der Waals surface area contributed by atoms with E-state index in [0.717, 1.165) is 51.4 Å². The zero-order valence-electron chi connectivity index (χ0n) is 46.5. The van der Waals surface area contributed by atoms with Crippen LogP contribution in [-0.4, -0.2) is 49.3 Å². The van der Waals surface area contributed by atoms with Gasteiger partial charge in [-0.25, -0.2) is 4.57 Å². The van der Waals surface area contributed by atoms with Crippen LogP contribution in [0.2, 0.25) is 0 Å². The van der Waals surface area contributed by atoms with Crippen molar-refractivity contribution in [2.75, 3.05) is 26.4 Å². The van der Waals surface area contributed by atoms with Gasteiger partial charge in [0.15, 0.2) is 6.10 Å². The second-order valence-corrected chi connectivity index (χ2v) is 22.4. The average Bonchev–Trinajstić information content (AvgIpc) is 3.35. The lowest BCUT2D eigenvalue weighted by Crippen LogP contribution is -2.29. The van der Waals surface area contributed by atoms with Crippen molar-refractivity contribution in [3.63, 3.8) is 0 Å². The highest BCUT2D eigenvalue weighted by Gasteiger charge is 2.26. The highest BCUT2D eigenvalue weighted by atomic mass is 31.2. The lowest BCUT2D eigenvalue weighted by molar-refractivity contribution is -0.161. The zero-order chi connectivity index (χ0) is 51.0. The van der Waals surface area contributed by atoms with Gasteiger partial charge in [-0.15, -0.1) is 0 Å². The van der Waals surface area contributed by atoms with Gasteiger partial charge in [0.1, 0.15) is 6.61 Å². The molecule has 3 N–H and O–H groups in total. The van der Waals surface area contributed by atoms with Gasteiger partial charge in [0.2, 0.25) is 0 Å². The van der Waals surface area contributed by atoms with Crippen molar-refractivity contribution in [1.82, 2.24) is 0 Å². The Kier molecular flexibility index (Phi) is 56.0. The number of ether oxygens (including phenoxy) is 2. The third kappa shape index (κ3) is 56.1. The smallest absolute Gasteiger partial charge is 0.462 e. The number of hydrogen-bond acceptors (Lipinski definition) is 8. The van der Waals surface area contributed by atoms with Crippen molar-refractivity contribution < 1.29 is 37.6 Å². The van der Waals surface area contributed by atoms with Crippen LogP contribution in [0.3, 0.4) is 0 Å². The second kappa shape index (κ2) is 57.0. The van der Waals surface area contributed by atoms with Crippen molar-refractivity contribution in [3.05, 3.63) is 12.2 Å². The minimum atomic E-state index is -4.38. The molecule has 0 aliphatic carbocycles. The SMILES string of the molecule is CCCCCCCCC/C=C\CCCCCCCC(=O)OC(COC(=O)CCCCCCCCCCCCCCCCCCCCCCCCCCCCCCCCCCC)COP(=O)(O)OCCN. The molecule has 0 amide bonds. The normalized spacial score (nSPS) is 13.0. The summed E-state index contributed by atoms with van der Waals surface area (Å²) in [5.41, 5.74) is 5.38. The molecule has 0 aromatic carbocycles. The van der Waals surface area contributed by atoms with Gasteiger partial charge in [-0.2, -0.15) is 0 Å². The Bertz CT molecular complexity index is 1150. The molecular weight excluding hydrogens is 894 g/mol. The average molecular weight is 1010 g/mol. The maximum Gasteiger partial charge on any atom is 0.472 e. The van der Waals surface area contributed by atoms with E-state index in [1.165, 1.54) is 244 Å². The zero-order valence-corrected chi connectivity index (χ0v) is 47.4. The largest absolute Gasteiger partial charge is 0.472 e. The van der Waals surface area contributed by atoms with Crippen LogP contribution in [0, 0.1) is 0 Å². The fraction of sp³-hybridized carbons (Fsp3) is 0.933. The van der Waals surface area contributed by atoms with Gasteiger partial charge >= 0.3 is 19.8 Å². The molecule has 2 unspecified atom stereocenters. The molecule has 9 nitrogen and oxygen atoms in total. The van der Waals surface area contributed by atoms with E-state index in [1.807, 2.05) is 0 Å². The fourth-order valence-corrected chi connectivity index (χ4v) is 10.1. The summed E-state index contributed by atoms with van der Waals surface area (Å²) in [5.74, 6) is -0.818. The Hall–Kier alpha value is -1.25. The van der Waals surface area contributed by atoms with Crippen LogP contribution >= 0.6 is 7.82 Å². The molecular formula is C60H118NO8P. The van der Waals surface area contributed by atoms with E-state index in [0.29, 0.717) is 6.42 Å². The van der Waals surface area contributed by atoms with Crippen molar-refractivity contribution in [3.8, 4) is 0 Å². The van der Waals surface area contributed by atoms with Crippen molar-refractivity contribution in [2.24, 2.45) is 5.73 Å². The molecule has 0 saturated heterocycles. The van der Waals surface area contributed by atoms with E-state index in [2.05, 4.69) is 26.0 Å². The summed E-state index contributed by atoms with van der Waals surface area (Å²) >= 11 is 0. The van der Waals surface area contributed by atoms with Gasteiger partial charge in [-0.3, -0.25) is 18.6 Å². The number of unbranched alkanes of at least 4 members (excludes halogenated alkanes) is 44. The second-order valence-electron chi connectivity index (χ2n) is 20.9. The van der Waals surface area contributed by atoms with Gasteiger partial charge in [0, 0.05) is 19.4 Å². The molecule has 0 heterocycles. The van der Waals surface area contributed by atoms with Gasteiger partial charge < -0.3 is 20.1 Å². The number of nitrogens with two attached hydrogens (primary N) is 1. The van der Waals surface area contributed by atoms with E-state index in [1.54, 1.807) is 0 Å². The highest BCUT2D eigenvalue weighted by Crippen LogP contribution is 2.43. The number of esters is 2. The number of allylic oxidation sites excluding steroid dienone is 2. The topological polar surface area (TPSA) is 134 Å². The molecule has 0 saturated carbocycles. The van der Waals surface area contributed by atoms with E-state index < -0.39 is 26.5 Å². The number of rotatable bonds is 59. The summed E-state index contributed by atoms with van der Waals surface area (Å²) in [5, 5.41) is 0. The molecule has 10 heteroatoms. The Morgan fingerprint density at radius 3 is 1.01 bits per heavy atom. The van der Waals surface area contributed by atoms with Gasteiger partial charge in [-0.1, -0.05) is 289 Å². The maximum absolute atomic E-state index is 12.7. The van der Waals surface area contributed by atoms with Crippen LogP contribution in [0.1, 0.15) is 328 Å². The molecule has 0 aliphatic heterocycles. The van der Waals surface area contributed by atoms with E-state index in [-0.39, 0.29) is 38.6 Å². The molecule has 0 radical (unpaired) electrons. The van der Waals surface area contributed by atoms with Gasteiger partial charge in [0.05, 0.1) is 13.2 Å². The molecule has 2 atom stereocenters. The number of phosphoric acid groups is 1. The molecule has 0 spiro atoms. The number of hydrogen-bond donors (Lipinski definition) is 2. The minimum Gasteiger partial charge on any atom is -0.462 e. The highest BCUT2D eigenvalue weighted by molar-refractivity contribution is 7.47. The molecule has 0 fully saturated rings. The predicted octanol–water partition coefficient (Wildman–Crippen LogP) is 19.2. The first-order chi connectivity index (χ1) is 34.3. The fourth-order valence-electron chi connectivity index (χ4n) is 9.34. The molecule has 0 bridgehead atoms. The van der Waals surface area contributed by atoms with Gasteiger partial charge in [0.25, 0.3) is 0 Å². The first kappa shape index (κ1) is 68.8. The third-order valence-corrected chi connectivity index (χ3v) is 14.9.